The van der Waals surface area contributed by atoms with Crippen LogP contribution in [-0.2, 0) is 11.3 Å². The van der Waals surface area contributed by atoms with Gasteiger partial charge in [0.05, 0.1) is 18.4 Å². The van der Waals surface area contributed by atoms with Crippen molar-refractivity contribution in [3.63, 3.8) is 0 Å². The van der Waals surface area contributed by atoms with Crippen LogP contribution in [-0.4, -0.2) is 26.9 Å². The molecule has 0 radical (unpaired) electrons. The van der Waals surface area contributed by atoms with Crippen LogP contribution in [0, 0.1) is 0 Å². The highest BCUT2D eigenvalue weighted by Crippen LogP contribution is 1.98. The summed E-state index contributed by atoms with van der Waals surface area (Å²) in [4.78, 5) is 10.3. The highest BCUT2D eigenvalue weighted by molar-refractivity contribution is 5.72. The fraction of sp³-hybridized carbons (Fsp3) is 0.333. The molecule has 0 bridgehead atoms. The average molecular weight is 170 g/mol. The molecule has 5 N–H and O–H groups in total. The van der Waals surface area contributed by atoms with E-state index in [1.165, 1.54) is 17.1 Å². The van der Waals surface area contributed by atoms with Gasteiger partial charge in [-0.05, 0) is 0 Å². The van der Waals surface area contributed by atoms with Crippen LogP contribution in [0.2, 0.25) is 0 Å². The van der Waals surface area contributed by atoms with Crippen molar-refractivity contribution < 1.29 is 9.90 Å². The Bertz CT molecular complexity index is 283. The van der Waals surface area contributed by atoms with Crippen LogP contribution in [0.3, 0.4) is 0 Å². The maximum atomic E-state index is 10.3. The van der Waals surface area contributed by atoms with E-state index in [1.54, 1.807) is 0 Å². The van der Waals surface area contributed by atoms with Crippen molar-refractivity contribution in [3.8, 4) is 0 Å². The summed E-state index contributed by atoms with van der Waals surface area (Å²) in [6, 6.07) is -0.940. The van der Waals surface area contributed by atoms with Gasteiger partial charge in [-0.15, -0.1) is 0 Å². The second-order valence-corrected chi connectivity index (χ2v) is 2.44. The number of nitrogens with zero attached hydrogens (tertiary/aromatic N) is 2. The van der Waals surface area contributed by atoms with E-state index in [9.17, 15) is 4.79 Å². The van der Waals surface area contributed by atoms with Crippen molar-refractivity contribution >= 4 is 11.7 Å². The van der Waals surface area contributed by atoms with Gasteiger partial charge in [0.15, 0.2) is 0 Å². The number of carbonyl (C=O) groups is 1. The van der Waals surface area contributed by atoms with Gasteiger partial charge < -0.3 is 16.6 Å². The fourth-order valence-electron chi connectivity index (χ4n) is 0.759. The second kappa shape index (κ2) is 3.22. The summed E-state index contributed by atoms with van der Waals surface area (Å²) < 4.78 is 1.40. The number of nitrogens with two attached hydrogens (primary N) is 2. The highest BCUT2D eigenvalue weighted by atomic mass is 16.4. The molecule has 0 aromatic carbocycles. The first-order valence-corrected chi connectivity index (χ1v) is 3.36. The summed E-state index contributed by atoms with van der Waals surface area (Å²) in [5, 5.41) is 12.2. The predicted molar refractivity (Wildman–Crippen MR) is 42.3 cm³/mol. The van der Waals surface area contributed by atoms with Crippen LogP contribution in [0.15, 0.2) is 12.4 Å². The smallest absolute Gasteiger partial charge is 0.322 e. The highest BCUT2D eigenvalue weighted by Gasteiger charge is 2.11. The molecule has 0 aliphatic rings. The lowest BCUT2D eigenvalue weighted by Gasteiger charge is -2.04. The molecule has 0 fully saturated rings. The molecule has 66 valence electrons. The molecule has 12 heavy (non-hydrogen) atoms. The van der Waals surface area contributed by atoms with E-state index in [0.717, 1.165) is 0 Å². The molecule has 1 rings (SSSR count). The number of hydrogen-bond donors (Lipinski definition) is 3. The largest absolute Gasteiger partial charge is 0.480 e. The first kappa shape index (κ1) is 8.54. The van der Waals surface area contributed by atoms with Crippen molar-refractivity contribution in [1.82, 2.24) is 9.78 Å². The standard InChI is InChI=1S/C6H10N4O2/c7-4-1-9-10(2-4)3-5(8)6(11)12/h1-2,5H,3,7-8H2,(H,11,12)/t5-/m0/s1. The number of carboxylic acids is 1. The molecule has 1 atom stereocenters. The normalized spacial score (nSPS) is 12.8. The van der Waals surface area contributed by atoms with Gasteiger partial charge in [-0.2, -0.15) is 5.10 Å². The third-order valence-corrected chi connectivity index (χ3v) is 1.35. The van der Waals surface area contributed by atoms with Gasteiger partial charge in [0.2, 0.25) is 0 Å². The summed E-state index contributed by atoms with van der Waals surface area (Å²) in [6.45, 7) is 0.131. The Morgan fingerprint density at radius 1 is 1.83 bits per heavy atom. The molecule has 1 aromatic rings. The van der Waals surface area contributed by atoms with Gasteiger partial charge in [0.1, 0.15) is 6.04 Å². The molecule has 0 spiro atoms. The third kappa shape index (κ3) is 1.96. The summed E-state index contributed by atoms with van der Waals surface area (Å²) in [5.41, 5.74) is 11.1. The van der Waals surface area contributed by atoms with Crippen LogP contribution in [0.1, 0.15) is 0 Å². The maximum absolute atomic E-state index is 10.3. The number of anilines is 1. The minimum atomic E-state index is -1.05. The zero-order chi connectivity index (χ0) is 9.14. The average Bonchev–Trinajstić information content (AvgIpc) is 2.35. The van der Waals surface area contributed by atoms with Gasteiger partial charge in [0, 0.05) is 6.20 Å². The van der Waals surface area contributed by atoms with E-state index in [-0.39, 0.29) is 6.54 Å². The Hall–Kier alpha value is -1.56. The number of nitrogen functional groups attached to an aromatic ring is 1. The zero-order valence-electron chi connectivity index (χ0n) is 6.34. The van der Waals surface area contributed by atoms with E-state index >= 15 is 0 Å². The van der Waals surface area contributed by atoms with E-state index < -0.39 is 12.0 Å². The van der Waals surface area contributed by atoms with Crippen molar-refractivity contribution in [3.05, 3.63) is 12.4 Å². The topological polar surface area (TPSA) is 107 Å². The minimum Gasteiger partial charge on any atom is -0.480 e. The van der Waals surface area contributed by atoms with Crippen molar-refractivity contribution in [2.75, 3.05) is 5.73 Å². The molecular formula is C6H10N4O2. The molecule has 0 aliphatic carbocycles. The first-order valence-electron chi connectivity index (χ1n) is 3.36. The SMILES string of the molecule is Nc1cnn(C[C@H](N)C(=O)O)c1. The van der Waals surface area contributed by atoms with E-state index in [0.29, 0.717) is 5.69 Å². The van der Waals surface area contributed by atoms with Gasteiger partial charge in [-0.25, -0.2) is 0 Å². The van der Waals surface area contributed by atoms with Crippen LogP contribution in [0.25, 0.3) is 0 Å². The van der Waals surface area contributed by atoms with Crippen molar-refractivity contribution in [2.24, 2.45) is 5.73 Å². The van der Waals surface area contributed by atoms with Gasteiger partial charge in [0.25, 0.3) is 0 Å². The molecule has 6 nitrogen and oxygen atoms in total. The fourth-order valence-corrected chi connectivity index (χ4v) is 0.759. The van der Waals surface area contributed by atoms with Gasteiger partial charge in [-0.3, -0.25) is 9.48 Å². The first-order chi connectivity index (χ1) is 5.59. The summed E-state index contributed by atoms with van der Waals surface area (Å²) >= 11 is 0. The Morgan fingerprint density at radius 2 is 2.50 bits per heavy atom. The monoisotopic (exact) mass is 170 g/mol. The lowest BCUT2D eigenvalue weighted by molar-refractivity contribution is -0.138. The van der Waals surface area contributed by atoms with E-state index in [4.69, 9.17) is 16.6 Å². The van der Waals surface area contributed by atoms with Gasteiger partial charge >= 0.3 is 5.97 Å². The quantitative estimate of drug-likeness (QED) is 0.532. The Morgan fingerprint density at radius 3 is 2.92 bits per heavy atom. The lowest BCUT2D eigenvalue weighted by atomic mass is 10.3. The molecule has 1 heterocycles. The number of carboxylic acid groups (broad SMARTS) is 1. The molecule has 1 aromatic heterocycles. The molecule has 0 saturated carbocycles. The molecule has 0 unspecified atom stereocenters. The maximum Gasteiger partial charge on any atom is 0.322 e. The molecular weight excluding hydrogens is 160 g/mol. The zero-order valence-corrected chi connectivity index (χ0v) is 6.34. The third-order valence-electron chi connectivity index (χ3n) is 1.35. The number of aromatic nitrogens is 2. The molecule has 6 heteroatoms. The van der Waals surface area contributed by atoms with Crippen LogP contribution < -0.4 is 11.5 Å². The molecule has 0 amide bonds. The van der Waals surface area contributed by atoms with Crippen molar-refractivity contribution in [1.29, 1.82) is 0 Å². The van der Waals surface area contributed by atoms with E-state index in [2.05, 4.69) is 5.10 Å². The van der Waals surface area contributed by atoms with Crippen LogP contribution in [0.5, 0.6) is 0 Å². The van der Waals surface area contributed by atoms with Crippen LogP contribution >= 0.6 is 0 Å². The summed E-state index contributed by atoms with van der Waals surface area (Å²) in [5.74, 6) is -1.05. The van der Waals surface area contributed by atoms with E-state index in [1.807, 2.05) is 0 Å². The number of rotatable bonds is 3. The summed E-state index contributed by atoms with van der Waals surface area (Å²) in [7, 11) is 0. The Kier molecular flexibility index (Phi) is 2.29. The number of hydrogen-bond acceptors (Lipinski definition) is 4. The molecule has 0 saturated heterocycles. The minimum absolute atomic E-state index is 0.131. The number of aliphatic carboxylic acids is 1. The van der Waals surface area contributed by atoms with Gasteiger partial charge in [-0.1, -0.05) is 0 Å². The summed E-state index contributed by atoms with van der Waals surface area (Å²) in [6.07, 6.45) is 2.97. The molecule has 0 aliphatic heterocycles. The lowest BCUT2D eigenvalue weighted by Crippen LogP contribution is -2.34. The van der Waals surface area contributed by atoms with Crippen LogP contribution in [0.4, 0.5) is 5.69 Å². The van der Waals surface area contributed by atoms with Crippen molar-refractivity contribution in [2.45, 2.75) is 12.6 Å². The predicted octanol–water partition coefficient (Wildman–Crippen LogP) is -1.12. The second-order valence-electron chi connectivity index (χ2n) is 2.44. The Balaban J connectivity index is 2.58. The Labute approximate surface area is 68.8 Å².